The van der Waals surface area contributed by atoms with E-state index in [4.69, 9.17) is 4.74 Å². The van der Waals surface area contributed by atoms with Crippen molar-refractivity contribution in [3.05, 3.63) is 36.2 Å². The Morgan fingerprint density at radius 1 is 1.22 bits per heavy atom. The minimum absolute atomic E-state index is 0. The van der Waals surface area contributed by atoms with Crippen molar-refractivity contribution < 1.29 is 9.53 Å². The predicted octanol–water partition coefficient (Wildman–Crippen LogP) is 4.45. The first-order valence-corrected chi connectivity index (χ1v) is 8.07. The number of hydrogen-bond acceptors (Lipinski definition) is 3. The van der Waals surface area contributed by atoms with Gasteiger partial charge in [-0.2, -0.15) is 0 Å². The van der Waals surface area contributed by atoms with Gasteiger partial charge in [-0.15, -0.1) is 12.4 Å². The van der Waals surface area contributed by atoms with Crippen LogP contribution in [0.4, 0.5) is 4.79 Å². The number of hydrogen-bond donors (Lipinski definition) is 0. The van der Waals surface area contributed by atoms with Crippen LogP contribution in [0.15, 0.2) is 30.6 Å². The van der Waals surface area contributed by atoms with E-state index in [9.17, 15) is 4.79 Å². The molecule has 0 saturated carbocycles. The summed E-state index contributed by atoms with van der Waals surface area (Å²) in [4.78, 5) is 18.7. The maximum absolute atomic E-state index is 12.7. The maximum Gasteiger partial charge on any atom is 0.411 e. The highest BCUT2D eigenvalue weighted by Gasteiger charge is 2.42. The molecule has 0 N–H and O–H groups in total. The molecule has 23 heavy (non-hydrogen) atoms. The topological polar surface area (TPSA) is 42.4 Å². The van der Waals surface area contributed by atoms with Gasteiger partial charge in [-0.3, -0.25) is 9.88 Å². The van der Waals surface area contributed by atoms with Crippen molar-refractivity contribution in [1.82, 2.24) is 9.88 Å². The number of aromatic nitrogens is 1. The summed E-state index contributed by atoms with van der Waals surface area (Å²) in [6.07, 6.45) is 9.84. The molecular weight excluding hydrogens is 312 g/mol. The molecule has 1 amide bonds. The summed E-state index contributed by atoms with van der Waals surface area (Å²) < 4.78 is 5.65. The van der Waals surface area contributed by atoms with Crippen molar-refractivity contribution in [2.75, 3.05) is 0 Å². The molecule has 1 aromatic rings. The minimum Gasteiger partial charge on any atom is -0.444 e. The molecule has 2 unspecified atom stereocenters. The Kier molecular flexibility index (Phi) is 5.35. The van der Waals surface area contributed by atoms with Gasteiger partial charge in [0.1, 0.15) is 5.60 Å². The van der Waals surface area contributed by atoms with E-state index in [1.165, 1.54) is 5.57 Å². The zero-order valence-electron chi connectivity index (χ0n) is 14.0. The molecule has 0 aliphatic carbocycles. The van der Waals surface area contributed by atoms with Gasteiger partial charge in [-0.25, -0.2) is 4.79 Å². The van der Waals surface area contributed by atoms with E-state index in [0.29, 0.717) is 6.04 Å². The second-order valence-corrected chi connectivity index (χ2v) is 7.11. The van der Waals surface area contributed by atoms with Gasteiger partial charge in [0.2, 0.25) is 0 Å². The Morgan fingerprint density at radius 3 is 2.57 bits per heavy atom. The zero-order chi connectivity index (χ0) is 15.7. The van der Waals surface area contributed by atoms with E-state index in [-0.39, 0.29) is 24.5 Å². The van der Waals surface area contributed by atoms with Gasteiger partial charge in [-0.05, 0) is 69.7 Å². The van der Waals surface area contributed by atoms with Gasteiger partial charge >= 0.3 is 6.09 Å². The Hall–Kier alpha value is -1.55. The van der Waals surface area contributed by atoms with Gasteiger partial charge < -0.3 is 4.74 Å². The fraction of sp³-hybridized carbons (Fsp3) is 0.556. The van der Waals surface area contributed by atoms with E-state index in [2.05, 4.69) is 11.1 Å². The van der Waals surface area contributed by atoms with Gasteiger partial charge in [0.25, 0.3) is 0 Å². The van der Waals surface area contributed by atoms with Crippen molar-refractivity contribution >= 4 is 24.1 Å². The number of fused-ring (bicyclic) bond motifs is 2. The molecule has 1 aromatic heterocycles. The minimum atomic E-state index is -0.455. The SMILES string of the molecule is CC(C)(C)OC(=O)N1C2CCC=C(c3ccncc3)C1CC2.Cl. The second kappa shape index (κ2) is 6.91. The van der Waals surface area contributed by atoms with Crippen LogP contribution in [0.5, 0.6) is 0 Å². The first-order valence-electron chi connectivity index (χ1n) is 8.07. The van der Waals surface area contributed by atoms with E-state index in [1.54, 1.807) is 0 Å². The average molecular weight is 337 g/mol. The van der Waals surface area contributed by atoms with Crippen molar-refractivity contribution in [2.24, 2.45) is 0 Å². The monoisotopic (exact) mass is 336 g/mol. The van der Waals surface area contributed by atoms with Gasteiger partial charge in [-0.1, -0.05) is 6.08 Å². The Bertz CT molecular complexity index is 580. The van der Waals surface area contributed by atoms with Crippen molar-refractivity contribution in [3.63, 3.8) is 0 Å². The van der Waals surface area contributed by atoms with E-state index in [0.717, 1.165) is 31.2 Å². The predicted molar refractivity (Wildman–Crippen MR) is 93.6 cm³/mol. The number of carbonyl (C=O) groups excluding carboxylic acids is 1. The number of rotatable bonds is 1. The number of halogens is 1. The van der Waals surface area contributed by atoms with Crippen molar-refractivity contribution in [2.45, 2.75) is 64.1 Å². The third-order valence-electron chi connectivity index (χ3n) is 4.34. The van der Waals surface area contributed by atoms with Crippen molar-refractivity contribution in [3.8, 4) is 0 Å². The fourth-order valence-electron chi connectivity index (χ4n) is 3.48. The van der Waals surface area contributed by atoms with Crippen LogP contribution in [0, 0.1) is 0 Å². The number of amides is 1. The summed E-state index contributed by atoms with van der Waals surface area (Å²) in [5.74, 6) is 0. The lowest BCUT2D eigenvalue weighted by Gasteiger charge is -2.32. The van der Waals surface area contributed by atoms with Crippen LogP contribution < -0.4 is 0 Å². The smallest absolute Gasteiger partial charge is 0.411 e. The zero-order valence-corrected chi connectivity index (χ0v) is 14.8. The van der Waals surface area contributed by atoms with Crippen LogP contribution in [0.2, 0.25) is 0 Å². The summed E-state index contributed by atoms with van der Waals surface area (Å²) in [7, 11) is 0. The van der Waals surface area contributed by atoms with Crippen LogP contribution in [0.3, 0.4) is 0 Å². The molecule has 2 aliphatic rings. The number of carbonyl (C=O) groups is 1. The molecule has 1 saturated heterocycles. The molecule has 2 aliphatic heterocycles. The summed E-state index contributed by atoms with van der Waals surface area (Å²) in [6.45, 7) is 5.76. The lowest BCUT2D eigenvalue weighted by molar-refractivity contribution is 0.0185. The normalized spacial score (nSPS) is 23.6. The quantitative estimate of drug-likeness (QED) is 0.761. The van der Waals surface area contributed by atoms with Gasteiger partial charge in [0, 0.05) is 18.4 Å². The first-order chi connectivity index (χ1) is 10.5. The highest BCUT2D eigenvalue weighted by molar-refractivity contribution is 5.85. The Balaban J connectivity index is 0.00000192. The lowest BCUT2D eigenvalue weighted by atomic mass is 9.95. The van der Waals surface area contributed by atoms with Crippen LogP contribution in [0.1, 0.15) is 52.0 Å². The molecular formula is C18H25ClN2O2. The molecule has 5 heteroatoms. The molecule has 126 valence electrons. The molecule has 3 heterocycles. The van der Waals surface area contributed by atoms with Gasteiger partial charge in [0.05, 0.1) is 6.04 Å². The average Bonchev–Trinajstić information content (AvgIpc) is 2.74. The summed E-state index contributed by atoms with van der Waals surface area (Å²) in [5.41, 5.74) is 1.95. The molecule has 2 atom stereocenters. The van der Waals surface area contributed by atoms with E-state index < -0.39 is 5.60 Å². The fourth-order valence-corrected chi connectivity index (χ4v) is 3.48. The van der Waals surface area contributed by atoms with Crippen LogP contribution in [0.25, 0.3) is 5.57 Å². The van der Waals surface area contributed by atoms with Crippen LogP contribution >= 0.6 is 12.4 Å². The van der Waals surface area contributed by atoms with Gasteiger partial charge in [0.15, 0.2) is 0 Å². The van der Waals surface area contributed by atoms with Crippen LogP contribution in [-0.4, -0.2) is 33.7 Å². The Morgan fingerprint density at radius 2 is 1.91 bits per heavy atom. The molecule has 0 aromatic carbocycles. The van der Waals surface area contributed by atoms with Crippen LogP contribution in [-0.2, 0) is 4.74 Å². The highest BCUT2D eigenvalue weighted by Crippen LogP contribution is 2.39. The number of ether oxygens (including phenoxy) is 1. The largest absolute Gasteiger partial charge is 0.444 e. The van der Waals surface area contributed by atoms with Crippen molar-refractivity contribution in [1.29, 1.82) is 0 Å². The summed E-state index contributed by atoms with van der Waals surface area (Å²) >= 11 is 0. The standard InChI is InChI=1S/C18H24N2O2.ClH/c1-18(2,3)22-17(21)20-14-5-4-6-15(16(20)8-7-14)13-9-11-19-12-10-13;/h6,9-12,14,16H,4-5,7-8H2,1-3H3;1H. The molecule has 0 spiro atoms. The Labute approximate surface area is 144 Å². The summed E-state index contributed by atoms with van der Waals surface area (Å²) in [6, 6.07) is 4.48. The third kappa shape index (κ3) is 3.86. The summed E-state index contributed by atoms with van der Waals surface area (Å²) in [5, 5.41) is 0. The molecule has 2 bridgehead atoms. The number of nitrogens with zero attached hydrogens (tertiary/aromatic N) is 2. The maximum atomic E-state index is 12.7. The molecule has 3 rings (SSSR count). The molecule has 1 fully saturated rings. The number of pyridine rings is 1. The third-order valence-corrected chi connectivity index (χ3v) is 4.34. The second-order valence-electron chi connectivity index (χ2n) is 7.11. The van der Waals surface area contributed by atoms with E-state index in [1.807, 2.05) is 50.2 Å². The molecule has 4 nitrogen and oxygen atoms in total. The highest BCUT2D eigenvalue weighted by atomic mass is 35.5. The van der Waals surface area contributed by atoms with E-state index >= 15 is 0 Å². The lowest BCUT2D eigenvalue weighted by Crippen LogP contribution is -2.44. The number of allylic oxidation sites excluding steroid dienone is 1. The first kappa shape index (κ1) is 17.8. The molecule has 0 radical (unpaired) electrons.